The maximum absolute atomic E-state index is 13.1. The van der Waals surface area contributed by atoms with E-state index in [2.05, 4.69) is 0 Å². The molecule has 2 atom stereocenters. The number of rotatable bonds is 8. The minimum Gasteiger partial charge on any atom is -0.286 e. The average Bonchev–Trinajstić information content (AvgIpc) is 2.28. The molecule has 18 heavy (non-hydrogen) atoms. The lowest BCUT2D eigenvalue weighted by molar-refractivity contribution is -0.188. The highest BCUT2D eigenvalue weighted by molar-refractivity contribution is 5.93. The van der Waals surface area contributed by atoms with E-state index in [0.717, 1.165) is 0 Å². The van der Waals surface area contributed by atoms with Crippen LogP contribution in [-0.2, 0) is 4.79 Å². The Bertz CT molecular complexity index is 253. The Morgan fingerprint density at radius 3 is 1.39 bits per heavy atom. The molecule has 0 aromatic carbocycles. The Morgan fingerprint density at radius 1 is 0.889 bits per heavy atom. The van der Waals surface area contributed by atoms with Crippen molar-refractivity contribution in [2.24, 2.45) is 0 Å². The molecule has 0 saturated carbocycles. The van der Waals surface area contributed by atoms with Crippen molar-refractivity contribution >= 4 is 5.78 Å². The second-order valence-corrected chi connectivity index (χ2v) is 4.09. The van der Waals surface area contributed by atoms with Crippen LogP contribution in [0.2, 0.25) is 0 Å². The highest BCUT2D eigenvalue weighted by Gasteiger charge is 2.61. The van der Waals surface area contributed by atoms with Crippen molar-refractivity contribution in [3.05, 3.63) is 0 Å². The topological polar surface area (TPSA) is 17.1 Å². The first-order valence-electron chi connectivity index (χ1n) is 5.70. The number of carbonyl (C=O) groups is 1. The molecule has 7 heteroatoms. The smallest absolute Gasteiger partial charge is 0.286 e. The zero-order chi connectivity index (χ0) is 14.6. The number of ketones is 1. The molecule has 108 valence electrons. The number of hydrogen-bond acceptors (Lipinski definition) is 1. The van der Waals surface area contributed by atoms with Gasteiger partial charge in [-0.2, -0.15) is 17.6 Å². The monoisotopic (exact) mass is 278 g/mol. The quantitative estimate of drug-likeness (QED) is 0.611. The normalized spacial score (nSPS) is 16.4. The van der Waals surface area contributed by atoms with E-state index in [1.807, 2.05) is 0 Å². The van der Waals surface area contributed by atoms with Crippen LogP contribution in [0.4, 0.5) is 26.3 Å². The van der Waals surface area contributed by atoms with Crippen molar-refractivity contribution in [1.29, 1.82) is 0 Å². The van der Waals surface area contributed by atoms with Crippen molar-refractivity contribution in [2.75, 3.05) is 0 Å². The summed E-state index contributed by atoms with van der Waals surface area (Å²) in [5, 5.41) is 0. The molecule has 0 aliphatic rings. The van der Waals surface area contributed by atoms with Crippen LogP contribution < -0.4 is 0 Å². The van der Waals surface area contributed by atoms with Crippen molar-refractivity contribution in [1.82, 2.24) is 0 Å². The van der Waals surface area contributed by atoms with Gasteiger partial charge in [-0.25, -0.2) is 8.78 Å². The van der Waals surface area contributed by atoms with Gasteiger partial charge in [0, 0.05) is 0 Å². The van der Waals surface area contributed by atoms with E-state index in [4.69, 9.17) is 0 Å². The number of alkyl halides is 6. The molecule has 0 spiro atoms. The predicted molar refractivity (Wildman–Crippen MR) is 54.5 cm³/mol. The maximum Gasteiger partial charge on any atom is 0.341 e. The summed E-state index contributed by atoms with van der Waals surface area (Å²) >= 11 is 0. The van der Waals surface area contributed by atoms with Gasteiger partial charge >= 0.3 is 11.8 Å². The van der Waals surface area contributed by atoms with Gasteiger partial charge in [-0.05, 0) is 12.8 Å². The molecular weight excluding hydrogens is 262 g/mol. The summed E-state index contributed by atoms with van der Waals surface area (Å²) in [6.45, 7) is 2.72. The van der Waals surface area contributed by atoms with Crippen LogP contribution in [-0.4, -0.2) is 30.0 Å². The van der Waals surface area contributed by atoms with Gasteiger partial charge in [-0.1, -0.05) is 26.7 Å². The Hall–Kier alpha value is -0.750. The largest absolute Gasteiger partial charge is 0.341 e. The van der Waals surface area contributed by atoms with Gasteiger partial charge in [-0.15, -0.1) is 0 Å². The molecule has 0 bridgehead atoms. The third-order valence-corrected chi connectivity index (χ3v) is 2.48. The number of Topliss-reactive ketones (excluding diaryl/α,β-unsaturated/α-hetero) is 1. The Labute approximate surface area is 102 Å². The standard InChI is InChI=1S/C11H16F6O/c1-3-5-7(12)10(14,15)9(18)11(16,17)8(13)6-4-2/h7-8H,3-6H2,1-2H3. The van der Waals surface area contributed by atoms with E-state index < -0.39 is 42.8 Å². The zero-order valence-electron chi connectivity index (χ0n) is 10.2. The second-order valence-electron chi connectivity index (χ2n) is 4.09. The molecule has 0 aromatic heterocycles. The Kier molecular flexibility index (Phi) is 6.16. The molecule has 0 N–H and O–H groups in total. The fourth-order valence-corrected chi connectivity index (χ4v) is 1.38. The summed E-state index contributed by atoms with van der Waals surface area (Å²) in [6, 6.07) is 0. The SMILES string of the molecule is CCCC(F)C(F)(F)C(=O)C(F)(F)C(F)CCC. The zero-order valence-corrected chi connectivity index (χ0v) is 10.2. The first-order valence-corrected chi connectivity index (χ1v) is 5.70. The van der Waals surface area contributed by atoms with Gasteiger partial charge in [0.05, 0.1) is 0 Å². The Balaban J connectivity index is 5.00. The van der Waals surface area contributed by atoms with E-state index in [1.54, 1.807) is 0 Å². The van der Waals surface area contributed by atoms with Crippen LogP contribution in [0.5, 0.6) is 0 Å². The highest BCUT2D eigenvalue weighted by atomic mass is 19.3. The number of halogens is 6. The molecule has 0 aliphatic carbocycles. The molecule has 0 aromatic rings. The van der Waals surface area contributed by atoms with Gasteiger partial charge in [0.2, 0.25) is 0 Å². The van der Waals surface area contributed by atoms with Crippen LogP contribution in [0.3, 0.4) is 0 Å². The van der Waals surface area contributed by atoms with Gasteiger partial charge in [0.1, 0.15) is 0 Å². The van der Waals surface area contributed by atoms with E-state index in [0.29, 0.717) is 0 Å². The summed E-state index contributed by atoms with van der Waals surface area (Å²) in [7, 11) is 0. The van der Waals surface area contributed by atoms with Crippen LogP contribution >= 0.6 is 0 Å². The molecule has 0 radical (unpaired) electrons. The maximum atomic E-state index is 13.1. The lowest BCUT2D eigenvalue weighted by Crippen LogP contribution is -2.52. The Morgan fingerprint density at radius 2 is 1.17 bits per heavy atom. The highest BCUT2D eigenvalue weighted by Crippen LogP contribution is 2.36. The predicted octanol–water partition coefficient (Wildman–Crippen LogP) is 4.10. The van der Waals surface area contributed by atoms with Crippen LogP contribution in [0, 0.1) is 0 Å². The summed E-state index contributed by atoms with van der Waals surface area (Å²) in [5.41, 5.74) is 0. The third kappa shape index (κ3) is 3.62. The second kappa shape index (κ2) is 6.43. The van der Waals surface area contributed by atoms with Crippen LogP contribution in [0.15, 0.2) is 0 Å². The number of hydrogen-bond donors (Lipinski definition) is 0. The molecule has 0 rings (SSSR count). The third-order valence-electron chi connectivity index (χ3n) is 2.48. The molecule has 0 fully saturated rings. The molecule has 0 amide bonds. The number of carbonyl (C=O) groups excluding carboxylic acids is 1. The first kappa shape index (κ1) is 17.2. The molecule has 0 heterocycles. The van der Waals surface area contributed by atoms with E-state index in [1.165, 1.54) is 13.8 Å². The van der Waals surface area contributed by atoms with Crippen molar-refractivity contribution in [3.63, 3.8) is 0 Å². The van der Waals surface area contributed by atoms with Gasteiger partial charge in [-0.3, -0.25) is 4.79 Å². The molecule has 1 nitrogen and oxygen atoms in total. The minimum absolute atomic E-state index is 0.0381. The molecule has 2 unspecified atom stereocenters. The average molecular weight is 278 g/mol. The summed E-state index contributed by atoms with van der Waals surface area (Å²) < 4.78 is 78.5. The van der Waals surface area contributed by atoms with E-state index in [-0.39, 0.29) is 12.8 Å². The van der Waals surface area contributed by atoms with E-state index >= 15 is 0 Å². The molecule has 0 aliphatic heterocycles. The lowest BCUT2D eigenvalue weighted by Gasteiger charge is -2.26. The van der Waals surface area contributed by atoms with Gasteiger partial charge in [0.25, 0.3) is 5.78 Å². The van der Waals surface area contributed by atoms with Crippen LogP contribution in [0.1, 0.15) is 39.5 Å². The van der Waals surface area contributed by atoms with Gasteiger partial charge in [0.15, 0.2) is 12.3 Å². The van der Waals surface area contributed by atoms with Crippen molar-refractivity contribution < 1.29 is 31.1 Å². The fourth-order valence-electron chi connectivity index (χ4n) is 1.38. The molecular formula is C11H16F6O. The summed E-state index contributed by atoms with van der Waals surface area (Å²) in [5.74, 6) is -12.7. The summed E-state index contributed by atoms with van der Waals surface area (Å²) in [6.07, 6.45) is -7.59. The minimum atomic E-state index is -4.86. The molecule has 0 saturated heterocycles. The first-order chi connectivity index (χ1) is 8.12. The van der Waals surface area contributed by atoms with Crippen molar-refractivity contribution in [2.45, 2.75) is 63.7 Å². The van der Waals surface area contributed by atoms with Gasteiger partial charge < -0.3 is 0 Å². The summed E-state index contributed by atoms with van der Waals surface area (Å²) in [4.78, 5) is 10.9. The fraction of sp³-hybridized carbons (Fsp3) is 0.909. The van der Waals surface area contributed by atoms with E-state index in [9.17, 15) is 31.1 Å². The van der Waals surface area contributed by atoms with Crippen LogP contribution in [0.25, 0.3) is 0 Å². The lowest BCUT2D eigenvalue weighted by atomic mass is 9.96. The van der Waals surface area contributed by atoms with Crippen molar-refractivity contribution in [3.8, 4) is 0 Å².